The molecule has 2 aromatic carbocycles. The minimum atomic E-state index is -0.856. The summed E-state index contributed by atoms with van der Waals surface area (Å²) in [6.45, 7) is 8.37. The third-order valence-electron chi connectivity index (χ3n) is 7.61. The lowest BCUT2D eigenvalue weighted by molar-refractivity contribution is -0.149. The number of amides is 1. The fourth-order valence-corrected chi connectivity index (χ4v) is 5.60. The maximum atomic E-state index is 12.7. The number of carbonyl (C=O) groups is 1. The van der Waals surface area contributed by atoms with E-state index in [-0.39, 0.29) is 11.8 Å². The fourth-order valence-electron chi connectivity index (χ4n) is 5.48. The smallest absolute Gasteiger partial charge is 0.281 e. The van der Waals surface area contributed by atoms with E-state index in [1.54, 1.807) is 0 Å². The molecule has 1 saturated heterocycles. The van der Waals surface area contributed by atoms with Crippen molar-refractivity contribution in [1.82, 2.24) is 20.2 Å². The third kappa shape index (κ3) is 5.15. The molecule has 0 spiro atoms. The molecule has 1 atom stereocenters. The number of para-hydroxylation sites is 2. The molecule has 0 bridgehead atoms. The van der Waals surface area contributed by atoms with Crippen LogP contribution >= 0.6 is 11.6 Å². The van der Waals surface area contributed by atoms with Crippen molar-refractivity contribution >= 4 is 17.5 Å². The molecule has 1 fully saturated rings. The van der Waals surface area contributed by atoms with Gasteiger partial charge in [-0.25, -0.2) is 9.97 Å². The Morgan fingerprint density at radius 2 is 1.65 bits per heavy atom. The first-order valence-electron chi connectivity index (χ1n) is 12.9. The van der Waals surface area contributed by atoms with E-state index < -0.39 is 5.79 Å². The van der Waals surface area contributed by atoms with Gasteiger partial charge in [-0.1, -0.05) is 23.7 Å². The van der Waals surface area contributed by atoms with Crippen molar-refractivity contribution in [2.24, 2.45) is 5.92 Å². The van der Waals surface area contributed by atoms with Crippen LogP contribution in [0.25, 0.3) is 0 Å². The number of ether oxygens (including phenoxy) is 2. The summed E-state index contributed by atoms with van der Waals surface area (Å²) in [7, 11) is 0. The highest BCUT2D eigenvalue weighted by Crippen LogP contribution is 2.50. The highest BCUT2D eigenvalue weighted by Gasteiger charge is 2.51. The summed E-state index contributed by atoms with van der Waals surface area (Å²) in [5, 5.41) is 3.74. The molecule has 1 N–H and O–H groups in total. The molecule has 2 aliphatic heterocycles. The minimum Gasteiger partial charge on any atom is -0.444 e. The predicted molar refractivity (Wildman–Crippen MR) is 143 cm³/mol. The number of hydrogen-bond acceptors (Lipinski definition) is 6. The van der Waals surface area contributed by atoms with Gasteiger partial charge in [-0.3, -0.25) is 4.79 Å². The number of carbonyl (C=O) groups excluding carboxylic acids is 1. The molecule has 8 heteroatoms. The summed E-state index contributed by atoms with van der Waals surface area (Å²) in [5.41, 5.74) is 2.96. The molecular weight excluding hydrogens is 488 g/mol. The number of aryl methyl sites for hydroxylation is 2. The van der Waals surface area contributed by atoms with E-state index in [4.69, 9.17) is 21.1 Å². The highest BCUT2D eigenvalue weighted by molar-refractivity contribution is 6.30. The van der Waals surface area contributed by atoms with Gasteiger partial charge in [-0.05, 0) is 89.5 Å². The van der Waals surface area contributed by atoms with Gasteiger partial charge in [0.15, 0.2) is 11.5 Å². The highest BCUT2D eigenvalue weighted by atomic mass is 35.5. The lowest BCUT2D eigenvalue weighted by Gasteiger charge is -2.42. The van der Waals surface area contributed by atoms with Gasteiger partial charge < -0.3 is 19.7 Å². The molecule has 2 aliphatic rings. The molecule has 1 amide bonds. The predicted octanol–water partition coefficient (Wildman–Crippen LogP) is 5.29. The monoisotopic (exact) mass is 520 g/mol. The van der Waals surface area contributed by atoms with E-state index in [2.05, 4.69) is 27.1 Å². The van der Waals surface area contributed by atoms with Crippen molar-refractivity contribution in [1.29, 1.82) is 0 Å². The van der Waals surface area contributed by atoms with Crippen molar-refractivity contribution in [3.63, 3.8) is 0 Å². The normalized spacial score (nSPS) is 17.9. The number of fused-ring (bicyclic) bond motifs is 1. The SMILES string of the molecule is Cc1ncnc(C)c1C(=O)NCCC(C)N1CCC(C2(c3ccc(Cl)cc3)Oc3ccccc3O2)CC1. The number of hydrogen-bond donors (Lipinski definition) is 1. The van der Waals surface area contributed by atoms with Crippen LogP contribution in [-0.2, 0) is 5.79 Å². The molecule has 3 aromatic rings. The molecule has 1 aromatic heterocycles. The van der Waals surface area contributed by atoms with Crippen LogP contribution < -0.4 is 14.8 Å². The molecule has 194 valence electrons. The summed E-state index contributed by atoms with van der Waals surface area (Å²) in [4.78, 5) is 23.5. The zero-order chi connectivity index (χ0) is 26.0. The number of aromatic nitrogens is 2. The van der Waals surface area contributed by atoms with Crippen LogP contribution in [0.15, 0.2) is 54.9 Å². The number of nitrogens with zero attached hydrogens (tertiary/aromatic N) is 3. The van der Waals surface area contributed by atoms with Crippen LogP contribution in [0.2, 0.25) is 5.02 Å². The summed E-state index contributed by atoms with van der Waals surface area (Å²) < 4.78 is 13.1. The first-order valence-corrected chi connectivity index (χ1v) is 13.3. The van der Waals surface area contributed by atoms with E-state index in [1.165, 1.54) is 6.33 Å². The van der Waals surface area contributed by atoms with Crippen LogP contribution in [0.3, 0.4) is 0 Å². The Labute approximate surface area is 223 Å². The Kier molecular flexibility index (Phi) is 7.36. The van der Waals surface area contributed by atoms with Gasteiger partial charge >= 0.3 is 0 Å². The molecule has 5 rings (SSSR count). The third-order valence-corrected chi connectivity index (χ3v) is 7.86. The second kappa shape index (κ2) is 10.7. The Balaban J connectivity index is 1.20. The summed E-state index contributed by atoms with van der Waals surface area (Å²) in [6, 6.07) is 16.0. The Hall–Kier alpha value is -3.16. The molecule has 7 nitrogen and oxygen atoms in total. The molecule has 0 saturated carbocycles. The van der Waals surface area contributed by atoms with Gasteiger partial charge in [0, 0.05) is 29.1 Å². The second-order valence-corrected chi connectivity index (χ2v) is 10.4. The zero-order valence-corrected chi connectivity index (χ0v) is 22.3. The number of likely N-dealkylation sites (tertiary alicyclic amines) is 1. The van der Waals surface area contributed by atoms with Gasteiger partial charge in [-0.15, -0.1) is 0 Å². The van der Waals surface area contributed by atoms with Gasteiger partial charge in [0.1, 0.15) is 6.33 Å². The molecular formula is C29H33ClN4O3. The van der Waals surface area contributed by atoms with E-state index in [0.717, 1.165) is 49.4 Å². The molecule has 37 heavy (non-hydrogen) atoms. The first kappa shape index (κ1) is 25.5. The molecule has 0 aliphatic carbocycles. The Morgan fingerprint density at radius 3 is 2.24 bits per heavy atom. The number of halogens is 1. The molecule has 3 heterocycles. The topological polar surface area (TPSA) is 76.6 Å². The van der Waals surface area contributed by atoms with Crippen LogP contribution in [0.1, 0.15) is 53.5 Å². The largest absolute Gasteiger partial charge is 0.444 e. The van der Waals surface area contributed by atoms with Gasteiger partial charge in [-0.2, -0.15) is 0 Å². The van der Waals surface area contributed by atoms with Crippen LogP contribution in [-0.4, -0.2) is 46.5 Å². The minimum absolute atomic E-state index is 0.110. The lowest BCUT2D eigenvalue weighted by Crippen LogP contribution is -2.50. The summed E-state index contributed by atoms with van der Waals surface area (Å²) in [5.74, 6) is 0.775. The van der Waals surface area contributed by atoms with Crippen molar-refractivity contribution in [2.75, 3.05) is 19.6 Å². The average molecular weight is 521 g/mol. The van der Waals surface area contributed by atoms with Crippen LogP contribution in [0.5, 0.6) is 11.5 Å². The quantitative estimate of drug-likeness (QED) is 0.456. The average Bonchev–Trinajstić information content (AvgIpc) is 3.30. The van der Waals surface area contributed by atoms with Crippen molar-refractivity contribution in [3.05, 3.63) is 82.4 Å². The summed E-state index contributed by atoms with van der Waals surface area (Å²) in [6.07, 6.45) is 4.23. The van der Waals surface area contributed by atoms with Crippen LogP contribution in [0.4, 0.5) is 0 Å². The van der Waals surface area contributed by atoms with E-state index >= 15 is 0 Å². The van der Waals surface area contributed by atoms with Gasteiger partial charge in [0.25, 0.3) is 11.7 Å². The summed E-state index contributed by atoms with van der Waals surface area (Å²) >= 11 is 6.18. The number of nitrogens with one attached hydrogen (secondary N) is 1. The van der Waals surface area contributed by atoms with Gasteiger partial charge in [0.05, 0.1) is 17.0 Å². The standard InChI is InChI=1S/C29H33ClN4O3/c1-19(12-15-31-28(35)27-20(2)32-18-33-21(27)3)34-16-13-23(14-17-34)29(22-8-10-24(30)11-9-22)36-25-6-4-5-7-26(25)37-29/h4-11,18-19,23H,12-17H2,1-3H3,(H,31,35). The van der Waals surface area contributed by atoms with E-state index in [0.29, 0.717) is 34.6 Å². The number of piperidine rings is 1. The maximum Gasteiger partial charge on any atom is 0.281 e. The van der Waals surface area contributed by atoms with Crippen molar-refractivity contribution in [2.45, 2.75) is 51.9 Å². The van der Waals surface area contributed by atoms with Crippen LogP contribution in [0, 0.1) is 19.8 Å². The molecule has 0 radical (unpaired) electrons. The molecule has 1 unspecified atom stereocenters. The maximum absolute atomic E-state index is 12.7. The van der Waals surface area contributed by atoms with Crippen molar-refractivity contribution in [3.8, 4) is 11.5 Å². The Bertz CT molecular complexity index is 1210. The first-order chi connectivity index (χ1) is 17.9. The van der Waals surface area contributed by atoms with E-state index in [9.17, 15) is 4.79 Å². The van der Waals surface area contributed by atoms with E-state index in [1.807, 2.05) is 62.4 Å². The van der Waals surface area contributed by atoms with Crippen molar-refractivity contribution < 1.29 is 14.3 Å². The second-order valence-electron chi connectivity index (χ2n) is 9.95. The lowest BCUT2D eigenvalue weighted by atomic mass is 9.83. The Morgan fingerprint density at radius 1 is 1.05 bits per heavy atom. The zero-order valence-electron chi connectivity index (χ0n) is 21.5. The fraction of sp³-hybridized carbons (Fsp3) is 0.414. The number of benzene rings is 2. The van der Waals surface area contributed by atoms with Gasteiger partial charge in [0.2, 0.25) is 0 Å². The number of rotatable bonds is 7.